The van der Waals surface area contributed by atoms with Crippen LogP contribution in [0.5, 0.6) is 0 Å². The topological polar surface area (TPSA) is 66.4 Å². The van der Waals surface area contributed by atoms with Crippen molar-refractivity contribution in [3.8, 4) is 0 Å². The van der Waals surface area contributed by atoms with Gasteiger partial charge >= 0.3 is 0 Å². The van der Waals surface area contributed by atoms with E-state index in [4.69, 9.17) is 28.3 Å². The lowest BCUT2D eigenvalue weighted by atomic mass is 10.2. The third-order valence-corrected chi connectivity index (χ3v) is 4.89. The summed E-state index contributed by atoms with van der Waals surface area (Å²) in [4.78, 5) is -0.169. The number of anilines is 1. The van der Waals surface area contributed by atoms with E-state index in [-0.39, 0.29) is 21.5 Å². The molecule has 0 saturated carbocycles. The van der Waals surface area contributed by atoms with E-state index >= 15 is 0 Å². The molecule has 0 saturated heterocycles. The number of nitrogens with one attached hydrogen (secondary N) is 1. The van der Waals surface area contributed by atoms with Crippen molar-refractivity contribution in [2.75, 3.05) is 4.72 Å². The van der Waals surface area contributed by atoms with Crippen molar-refractivity contribution >= 4 is 38.9 Å². The quantitative estimate of drug-likeness (QED) is 0.903. The molecule has 0 aromatic heterocycles. The van der Waals surface area contributed by atoms with Gasteiger partial charge in [-0.1, -0.05) is 41.4 Å². The summed E-state index contributed by atoms with van der Waals surface area (Å²) < 4.78 is 27.0. The molecule has 0 amide bonds. The van der Waals surface area contributed by atoms with E-state index in [1.807, 2.05) is 0 Å². The van der Waals surface area contributed by atoms with Gasteiger partial charge in [0.05, 0.1) is 16.7 Å². The molecule has 0 unspecified atom stereocenters. The standard InChI is InChI=1S/C13H11Cl2NO3S/c14-11-5-2-6-12(15)13(11)20(18,19)16-10-4-1-3-9(7-10)8-17/h1-7,16-17H,8H2. The van der Waals surface area contributed by atoms with E-state index in [1.165, 1.54) is 18.2 Å². The van der Waals surface area contributed by atoms with Crippen LogP contribution in [0.2, 0.25) is 10.0 Å². The second kappa shape index (κ2) is 6.01. The highest BCUT2D eigenvalue weighted by atomic mass is 35.5. The van der Waals surface area contributed by atoms with E-state index in [1.54, 1.807) is 24.3 Å². The highest BCUT2D eigenvalue weighted by molar-refractivity contribution is 7.93. The molecule has 20 heavy (non-hydrogen) atoms. The molecule has 0 aliphatic rings. The van der Waals surface area contributed by atoms with E-state index < -0.39 is 10.0 Å². The van der Waals surface area contributed by atoms with Gasteiger partial charge in [0.25, 0.3) is 10.0 Å². The van der Waals surface area contributed by atoms with Gasteiger partial charge in [-0.15, -0.1) is 0 Å². The minimum absolute atomic E-state index is 0.0447. The van der Waals surface area contributed by atoms with E-state index in [2.05, 4.69) is 4.72 Å². The second-order valence-corrected chi connectivity index (χ2v) is 6.45. The number of benzene rings is 2. The molecular formula is C13H11Cl2NO3S. The molecule has 2 rings (SSSR count). The van der Waals surface area contributed by atoms with Gasteiger partial charge in [0.15, 0.2) is 0 Å². The average molecular weight is 332 g/mol. The lowest BCUT2D eigenvalue weighted by Crippen LogP contribution is -2.14. The third-order valence-electron chi connectivity index (χ3n) is 2.55. The summed E-state index contributed by atoms with van der Waals surface area (Å²) in [7, 11) is -3.90. The molecule has 0 radical (unpaired) electrons. The van der Waals surface area contributed by atoms with Gasteiger partial charge in [-0.05, 0) is 29.8 Å². The van der Waals surface area contributed by atoms with Gasteiger partial charge in [0.1, 0.15) is 4.90 Å². The van der Waals surface area contributed by atoms with Crippen molar-refractivity contribution < 1.29 is 13.5 Å². The average Bonchev–Trinajstić information content (AvgIpc) is 2.37. The van der Waals surface area contributed by atoms with E-state index in [0.29, 0.717) is 11.3 Å². The maximum atomic E-state index is 12.3. The number of aliphatic hydroxyl groups is 1. The summed E-state index contributed by atoms with van der Waals surface area (Å²) in [5.41, 5.74) is 0.919. The zero-order valence-electron chi connectivity index (χ0n) is 10.2. The minimum Gasteiger partial charge on any atom is -0.392 e. The van der Waals surface area contributed by atoms with Crippen molar-refractivity contribution in [1.29, 1.82) is 0 Å². The third kappa shape index (κ3) is 3.24. The van der Waals surface area contributed by atoms with Crippen molar-refractivity contribution in [2.24, 2.45) is 0 Å². The van der Waals surface area contributed by atoms with Crippen LogP contribution in [0.25, 0.3) is 0 Å². The summed E-state index contributed by atoms with van der Waals surface area (Å²) in [6.45, 7) is -0.178. The molecule has 0 aliphatic carbocycles. The molecule has 0 atom stereocenters. The first-order valence-electron chi connectivity index (χ1n) is 5.60. The molecule has 4 nitrogen and oxygen atoms in total. The molecule has 0 spiro atoms. The molecule has 2 aromatic rings. The van der Waals surface area contributed by atoms with Crippen LogP contribution in [0.1, 0.15) is 5.56 Å². The number of rotatable bonds is 4. The minimum atomic E-state index is -3.90. The fourth-order valence-electron chi connectivity index (χ4n) is 1.68. The monoisotopic (exact) mass is 331 g/mol. The first kappa shape index (κ1) is 15.1. The van der Waals surface area contributed by atoms with Crippen LogP contribution in [0.4, 0.5) is 5.69 Å². The predicted molar refractivity (Wildman–Crippen MR) is 79.6 cm³/mol. The Morgan fingerprint density at radius 2 is 1.65 bits per heavy atom. The summed E-state index contributed by atoms with van der Waals surface area (Å²) in [5.74, 6) is 0. The van der Waals surface area contributed by atoms with E-state index in [0.717, 1.165) is 0 Å². The lowest BCUT2D eigenvalue weighted by Gasteiger charge is -2.11. The number of aliphatic hydroxyl groups excluding tert-OH is 1. The van der Waals surface area contributed by atoms with E-state index in [9.17, 15) is 8.42 Å². The van der Waals surface area contributed by atoms with Crippen LogP contribution < -0.4 is 4.72 Å². The van der Waals surface area contributed by atoms with Crippen molar-refractivity contribution in [3.63, 3.8) is 0 Å². The fourth-order valence-corrected chi connectivity index (χ4v) is 3.87. The molecule has 2 N–H and O–H groups in total. The van der Waals surface area contributed by atoms with Crippen LogP contribution in [0.15, 0.2) is 47.4 Å². The Morgan fingerprint density at radius 3 is 2.25 bits per heavy atom. The number of hydrogen-bond donors (Lipinski definition) is 2. The Balaban J connectivity index is 2.41. The first-order valence-corrected chi connectivity index (χ1v) is 7.84. The van der Waals surface area contributed by atoms with Crippen LogP contribution in [0, 0.1) is 0 Å². The van der Waals surface area contributed by atoms with Crippen molar-refractivity contribution in [3.05, 3.63) is 58.1 Å². The summed E-state index contributed by atoms with van der Waals surface area (Å²) in [6.07, 6.45) is 0. The smallest absolute Gasteiger partial charge is 0.264 e. The molecule has 2 aromatic carbocycles. The van der Waals surface area contributed by atoms with Gasteiger partial charge in [-0.2, -0.15) is 0 Å². The summed E-state index contributed by atoms with van der Waals surface area (Å²) >= 11 is 11.8. The van der Waals surface area contributed by atoms with Gasteiger partial charge in [0.2, 0.25) is 0 Å². The Kier molecular flexibility index (Phi) is 4.55. The zero-order valence-corrected chi connectivity index (χ0v) is 12.5. The fraction of sp³-hybridized carbons (Fsp3) is 0.0769. The molecule has 0 fully saturated rings. The van der Waals surface area contributed by atoms with Crippen LogP contribution in [0.3, 0.4) is 0 Å². The Hall–Kier alpha value is -1.27. The molecule has 0 bridgehead atoms. The maximum absolute atomic E-state index is 12.3. The van der Waals surface area contributed by atoms with Gasteiger partial charge in [0, 0.05) is 5.69 Å². The predicted octanol–water partition coefficient (Wildman–Crippen LogP) is 3.29. The van der Waals surface area contributed by atoms with Gasteiger partial charge in [-0.25, -0.2) is 8.42 Å². The molecule has 7 heteroatoms. The molecular weight excluding hydrogens is 321 g/mol. The molecule has 0 aliphatic heterocycles. The normalized spacial score (nSPS) is 11.3. The Morgan fingerprint density at radius 1 is 1.05 bits per heavy atom. The Bertz CT molecular complexity index is 712. The Labute approximate surface area is 127 Å². The highest BCUT2D eigenvalue weighted by Gasteiger charge is 2.21. The van der Waals surface area contributed by atoms with Gasteiger partial charge in [-0.3, -0.25) is 4.72 Å². The van der Waals surface area contributed by atoms with Crippen LogP contribution in [-0.2, 0) is 16.6 Å². The van der Waals surface area contributed by atoms with Crippen LogP contribution >= 0.6 is 23.2 Å². The summed E-state index contributed by atoms with van der Waals surface area (Å²) in [6, 6.07) is 10.9. The highest BCUT2D eigenvalue weighted by Crippen LogP contribution is 2.30. The number of halogens is 2. The second-order valence-electron chi connectivity index (χ2n) is 4.01. The van der Waals surface area contributed by atoms with Crippen LogP contribution in [-0.4, -0.2) is 13.5 Å². The number of hydrogen-bond acceptors (Lipinski definition) is 3. The maximum Gasteiger partial charge on any atom is 0.264 e. The SMILES string of the molecule is O=S(=O)(Nc1cccc(CO)c1)c1c(Cl)cccc1Cl. The number of sulfonamides is 1. The van der Waals surface area contributed by atoms with Crippen molar-refractivity contribution in [2.45, 2.75) is 11.5 Å². The molecule has 106 valence electrons. The first-order chi connectivity index (χ1) is 9.44. The lowest BCUT2D eigenvalue weighted by molar-refractivity contribution is 0.282. The largest absolute Gasteiger partial charge is 0.392 e. The van der Waals surface area contributed by atoms with Crippen molar-refractivity contribution in [1.82, 2.24) is 0 Å². The van der Waals surface area contributed by atoms with Gasteiger partial charge < -0.3 is 5.11 Å². The molecule has 0 heterocycles. The zero-order chi connectivity index (χ0) is 14.8. The summed E-state index contributed by atoms with van der Waals surface area (Å²) in [5, 5.41) is 9.14.